The Hall–Kier alpha value is -1.84. The molecule has 0 unspecified atom stereocenters. The van der Waals surface area contributed by atoms with Gasteiger partial charge in [-0.3, -0.25) is 5.41 Å². The highest BCUT2D eigenvalue weighted by Crippen LogP contribution is 2.08. The smallest absolute Gasteiger partial charge is 0.141 e. The van der Waals surface area contributed by atoms with Crippen LogP contribution in [0.15, 0.2) is 24.3 Å². The maximum Gasteiger partial charge on any atom is 0.141 e. The molecule has 3 N–H and O–H groups in total. The second-order valence-corrected chi connectivity index (χ2v) is 2.95. The SMILES string of the molecule is Cc1cc2cccc(C(=N)N)n2n1. The summed E-state index contributed by atoms with van der Waals surface area (Å²) in [5, 5.41) is 11.6. The van der Waals surface area contributed by atoms with Crippen LogP contribution < -0.4 is 5.73 Å². The van der Waals surface area contributed by atoms with Crippen LogP contribution in [-0.2, 0) is 0 Å². The molecule has 0 aliphatic rings. The number of aryl methyl sites for hydroxylation is 1. The summed E-state index contributed by atoms with van der Waals surface area (Å²) in [5.41, 5.74) is 7.93. The third-order valence-corrected chi connectivity index (χ3v) is 1.88. The summed E-state index contributed by atoms with van der Waals surface area (Å²) in [4.78, 5) is 0. The number of aromatic nitrogens is 2. The van der Waals surface area contributed by atoms with Crippen molar-refractivity contribution in [2.75, 3.05) is 0 Å². The Morgan fingerprint density at radius 2 is 2.31 bits per heavy atom. The summed E-state index contributed by atoms with van der Waals surface area (Å²) in [6.07, 6.45) is 0. The maximum atomic E-state index is 7.34. The Morgan fingerprint density at radius 3 is 3.00 bits per heavy atom. The number of hydrogen-bond acceptors (Lipinski definition) is 2. The molecule has 13 heavy (non-hydrogen) atoms. The minimum atomic E-state index is 0.0358. The van der Waals surface area contributed by atoms with E-state index >= 15 is 0 Å². The van der Waals surface area contributed by atoms with Gasteiger partial charge in [0.2, 0.25) is 0 Å². The van der Waals surface area contributed by atoms with Gasteiger partial charge in [0, 0.05) is 0 Å². The number of nitrogens with two attached hydrogens (primary N) is 1. The Labute approximate surface area is 75.5 Å². The molecule has 0 saturated carbocycles. The average Bonchev–Trinajstić information content (AvgIpc) is 2.43. The minimum absolute atomic E-state index is 0.0358. The van der Waals surface area contributed by atoms with Crippen LogP contribution in [0.3, 0.4) is 0 Å². The van der Waals surface area contributed by atoms with Crippen LogP contribution in [-0.4, -0.2) is 15.4 Å². The number of nitrogens with one attached hydrogen (secondary N) is 1. The molecule has 0 fully saturated rings. The Balaban J connectivity index is 2.82. The maximum absolute atomic E-state index is 7.34. The lowest BCUT2D eigenvalue weighted by Crippen LogP contribution is -2.15. The van der Waals surface area contributed by atoms with Crippen LogP contribution in [0.2, 0.25) is 0 Å². The summed E-state index contributed by atoms with van der Waals surface area (Å²) in [6, 6.07) is 7.54. The number of hydrogen-bond donors (Lipinski definition) is 2. The first-order valence-corrected chi connectivity index (χ1v) is 3.98. The summed E-state index contributed by atoms with van der Waals surface area (Å²) in [6.45, 7) is 1.91. The van der Waals surface area contributed by atoms with Gasteiger partial charge in [0.05, 0.1) is 11.2 Å². The molecule has 0 aliphatic carbocycles. The lowest BCUT2D eigenvalue weighted by molar-refractivity contribution is 0.919. The van der Waals surface area contributed by atoms with Crippen molar-refractivity contribution >= 4 is 11.4 Å². The zero-order valence-corrected chi connectivity index (χ0v) is 7.28. The van der Waals surface area contributed by atoms with Crippen molar-refractivity contribution in [1.82, 2.24) is 9.61 Å². The number of pyridine rings is 1. The van der Waals surface area contributed by atoms with Crippen molar-refractivity contribution < 1.29 is 0 Å². The van der Waals surface area contributed by atoms with Crippen LogP contribution in [0.25, 0.3) is 5.52 Å². The lowest BCUT2D eigenvalue weighted by atomic mass is 10.3. The quantitative estimate of drug-likeness (QED) is 0.498. The molecule has 4 heteroatoms. The minimum Gasteiger partial charge on any atom is -0.382 e. The van der Waals surface area contributed by atoms with Gasteiger partial charge in [0.15, 0.2) is 0 Å². The molecule has 0 amide bonds. The number of fused-ring (bicyclic) bond motifs is 1. The molecule has 2 heterocycles. The van der Waals surface area contributed by atoms with Crippen LogP contribution in [0.4, 0.5) is 0 Å². The Morgan fingerprint density at radius 1 is 1.54 bits per heavy atom. The fourth-order valence-electron chi connectivity index (χ4n) is 1.34. The third-order valence-electron chi connectivity index (χ3n) is 1.88. The largest absolute Gasteiger partial charge is 0.382 e. The van der Waals surface area contributed by atoms with Gasteiger partial charge < -0.3 is 5.73 Å². The average molecular weight is 174 g/mol. The van der Waals surface area contributed by atoms with E-state index in [0.29, 0.717) is 5.69 Å². The van der Waals surface area contributed by atoms with Crippen molar-refractivity contribution in [1.29, 1.82) is 5.41 Å². The van der Waals surface area contributed by atoms with Crippen molar-refractivity contribution in [3.8, 4) is 0 Å². The Kier molecular flexibility index (Phi) is 1.55. The number of nitrogens with zero attached hydrogens (tertiary/aromatic N) is 2. The molecular formula is C9H10N4. The fourth-order valence-corrected chi connectivity index (χ4v) is 1.34. The van der Waals surface area contributed by atoms with E-state index in [1.165, 1.54) is 0 Å². The van der Waals surface area contributed by atoms with E-state index < -0.39 is 0 Å². The van der Waals surface area contributed by atoms with Crippen molar-refractivity contribution in [3.63, 3.8) is 0 Å². The van der Waals surface area contributed by atoms with Crippen LogP contribution >= 0.6 is 0 Å². The molecule has 4 nitrogen and oxygen atoms in total. The first kappa shape index (κ1) is 7.79. The normalized spacial score (nSPS) is 10.5. The van der Waals surface area contributed by atoms with E-state index in [9.17, 15) is 0 Å². The van der Waals surface area contributed by atoms with E-state index in [2.05, 4.69) is 5.10 Å². The number of rotatable bonds is 1. The first-order chi connectivity index (χ1) is 6.18. The van der Waals surface area contributed by atoms with E-state index in [4.69, 9.17) is 11.1 Å². The van der Waals surface area contributed by atoms with Gasteiger partial charge >= 0.3 is 0 Å². The molecule has 0 bridgehead atoms. The van der Waals surface area contributed by atoms with Gasteiger partial charge in [0.1, 0.15) is 11.5 Å². The fraction of sp³-hybridized carbons (Fsp3) is 0.111. The topological polar surface area (TPSA) is 67.2 Å². The second kappa shape index (κ2) is 2.58. The van der Waals surface area contributed by atoms with Gasteiger partial charge in [-0.05, 0) is 25.1 Å². The molecule has 0 spiro atoms. The van der Waals surface area contributed by atoms with E-state index in [-0.39, 0.29) is 5.84 Å². The molecule has 0 radical (unpaired) electrons. The zero-order valence-electron chi connectivity index (χ0n) is 7.28. The summed E-state index contributed by atoms with van der Waals surface area (Å²) < 4.78 is 1.68. The zero-order chi connectivity index (χ0) is 9.42. The molecule has 2 aromatic rings. The highest BCUT2D eigenvalue weighted by molar-refractivity contribution is 5.93. The van der Waals surface area contributed by atoms with Gasteiger partial charge in [-0.25, -0.2) is 4.52 Å². The van der Waals surface area contributed by atoms with E-state index in [1.807, 2.05) is 25.1 Å². The summed E-state index contributed by atoms with van der Waals surface area (Å²) in [5.74, 6) is 0.0358. The number of amidine groups is 1. The van der Waals surface area contributed by atoms with Gasteiger partial charge in [0.25, 0.3) is 0 Å². The van der Waals surface area contributed by atoms with Gasteiger partial charge in [-0.2, -0.15) is 5.10 Å². The van der Waals surface area contributed by atoms with Crippen molar-refractivity contribution in [2.45, 2.75) is 6.92 Å². The van der Waals surface area contributed by atoms with Crippen LogP contribution in [0.1, 0.15) is 11.4 Å². The van der Waals surface area contributed by atoms with Gasteiger partial charge in [-0.15, -0.1) is 0 Å². The highest BCUT2D eigenvalue weighted by atomic mass is 15.2. The third kappa shape index (κ3) is 1.16. The predicted octanol–water partition coefficient (Wildman–Crippen LogP) is 0.927. The molecule has 0 atom stereocenters. The standard InChI is InChI=1S/C9H10N4/c1-6-5-7-3-2-4-8(9(10)11)13(7)12-6/h2-5H,1H3,(H3,10,11). The lowest BCUT2D eigenvalue weighted by Gasteiger charge is -2.00. The molecule has 0 aliphatic heterocycles. The van der Waals surface area contributed by atoms with Crippen molar-refractivity contribution in [2.24, 2.45) is 5.73 Å². The molecule has 0 saturated heterocycles. The Bertz CT molecular complexity index is 469. The summed E-state index contributed by atoms with van der Waals surface area (Å²) in [7, 11) is 0. The molecule has 0 aromatic carbocycles. The molecule has 2 rings (SSSR count). The van der Waals surface area contributed by atoms with Crippen molar-refractivity contribution in [3.05, 3.63) is 35.7 Å². The monoisotopic (exact) mass is 174 g/mol. The van der Waals surface area contributed by atoms with Crippen LogP contribution in [0.5, 0.6) is 0 Å². The summed E-state index contributed by atoms with van der Waals surface area (Å²) >= 11 is 0. The molecule has 2 aromatic heterocycles. The van der Waals surface area contributed by atoms with E-state index in [1.54, 1.807) is 10.6 Å². The number of nitrogen functional groups attached to an aromatic ring is 1. The predicted molar refractivity (Wildman–Crippen MR) is 50.9 cm³/mol. The molecule has 66 valence electrons. The highest BCUT2D eigenvalue weighted by Gasteiger charge is 2.04. The van der Waals surface area contributed by atoms with E-state index in [0.717, 1.165) is 11.2 Å². The molecular weight excluding hydrogens is 164 g/mol. The first-order valence-electron chi connectivity index (χ1n) is 3.98. The second-order valence-electron chi connectivity index (χ2n) is 2.95. The van der Waals surface area contributed by atoms with Crippen LogP contribution in [0, 0.1) is 12.3 Å². The van der Waals surface area contributed by atoms with Gasteiger partial charge in [-0.1, -0.05) is 6.07 Å².